The molecular weight excluding hydrogens is 344 g/mol. The minimum absolute atomic E-state index is 0.0917. The molecule has 0 saturated carbocycles. The van der Waals surface area contributed by atoms with Gasteiger partial charge in [0.1, 0.15) is 0 Å². The Hall–Kier alpha value is -2.51. The Labute approximate surface area is 158 Å². The number of hydrogen-bond acceptors (Lipinski definition) is 5. The van der Waals surface area contributed by atoms with E-state index in [1.165, 1.54) is 6.07 Å². The maximum absolute atomic E-state index is 12.7. The number of hydrogen-bond donors (Lipinski definition) is 2. The zero-order valence-electron chi connectivity index (χ0n) is 15.8. The summed E-state index contributed by atoms with van der Waals surface area (Å²) in [5.74, 6) is -0.446. The fourth-order valence-electron chi connectivity index (χ4n) is 3.52. The van der Waals surface area contributed by atoms with E-state index >= 15 is 0 Å². The number of carbonyl (C=O) groups is 1. The van der Waals surface area contributed by atoms with Crippen LogP contribution < -0.4 is 16.1 Å². The van der Waals surface area contributed by atoms with Crippen molar-refractivity contribution in [3.63, 3.8) is 0 Å². The summed E-state index contributed by atoms with van der Waals surface area (Å²) in [6.07, 6.45) is 1.83. The van der Waals surface area contributed by atoms with Gasteiger partial charge in [0.25, 0.3) is 5.91 Å². The zero-order valence-corrected chi connectivity index (χ0v) is 15.8. The Morgan fingerprint density at radius 3 is 2.67 bits per heavy atom. The Morgan fingerprint density at radius 1 is 1.30 bits per heavy atom. The number of methoxy groups -OCH3 is 1. The predicted molar refractivity (Wildman–Crippen MR) is 103 cm³/mol. The van der Waals surface area contributed by atoms with Gasteiger partial charge in [-0.25, -0.2) is 4.68 Å². The van der Waals surface area contributed by atoms with Crippen LogP contribution in [0.2, 0.25) is 0 Å². The Morgan fingerprint density at radius 2 is 2.00 bits per heavy atom. The van der Waals surface area contributed by atoms with E-state index < -0.39 is 5.91 Å². The number of rotatable bonds is 6. The SMILES string of the molecule is COCC1(CNC(=O)c2nn(-c3ccccc3)c(C)cc2=O)CCNCC1. The maximum atomic E-state index is 12.7. The molecule has 1 aliphatic rings. The van der Waals surface area contributed by atoms with E-state index in [2.05, 4.69) is 15.7 Å². The number of nitrogens with zero attached hydrogens (tertiary/aromatic N) is 2. The van der Waals surface area contributed by atoms with Crippen molar-refractivity contribution in [2.24, 2.45) is 5.41 Å². The van der Waals surface area contributed by atoms with Crippen LogP contribution in [0.15, 0.2) is 41.2 Å². The van der Waals surface area contributed by atoms with Gasteiger partial charge >= 0.3 is 0 Å². The molecule has 0 aliphatic carbocycles. The number of ether oxygens (including phenoxy) is 1. The minimum atomic E-state index is -0.446. The molecule has 2 aromatic rings. The van der Waals surface area contributed by atoms with Crippen LogP contribution in [-0.4, -0.2) is 49.0 Å². The molecule has 0 bridgehead atoms. The lowest BCUT2D eigenvalue weighted by atomic mass is 9.79. The van der Waals surface area contributed by atoms with E-state index in [1.807, 2.05) is 30.3 Å². The van der Waals surface area contributed by atoms with Gasteiger partial charge < -0.3 is 15.4 Å². The first-order valence-corrected chi connectivity index (χ1v) is 9.19. The Kier molecular flexibility index (Phi) is 6.03. The quantitative estimate of drug-likeness (QED) is 0.800. The molecule has 1 saturated heterocycles. The lowest BCUT2D eigenvalue weighted by Crippen LogP contribution is -2.47. The number of aromatic nitrogens is 2. The summed E-state index contributed by atoms with van der Waals surface area (Å²) in [6, 6.07) is 10.9. The van der Waals surface area contributed by atoms with E-state index in [9.17, 15) is 9.59 Å². The molecule has 0 atom stereocenters. The molecule has 1 fully saturated rings. The van der Waals surface area contributed by atoms with Crippen LogP contribution in [0, 0.1) is 12.3 Å². The van der Waals surface area contributed by atoms with Crippen molar-refractivity contribution >= 4 is 5.91 Å². The molecule has 144 valence electrons. The van der Waals surface area contributed by atoms with Gasteiger partial charge in [-0.2, -0.15) is 5.10 Å². The molecule has 2 N–H and O–H groups in total. The lowest BCUT2D eigenvalue weighted by Gasteiger charge is -2.37. The van der Waals surface area contributed by atoms with Gasteiger partial charge in [0, 0.05) is 30.8 Å². The van der Waals surface area contributed by atoms with Crippen molar-refractivity contribution in [1.29, 1.82) is 0 Å². The zero-order chi connectivity index (χ0) is 19.3. The van der Waals surface area contributed by atoms with Crippen molar-refractivity contribution in [2.75, 3.05) is 33.4 Å². The third-order valence-corrected chi connectivity index (χ3v) is 5.06. The number of nitrogens with one attached hydrogen (secondary N) is 2. The van der Waals surface area contributed by atoms with Crippen molar-refractivity contribution in [1.82, 2.24) is 20.4 Å². The molecule has 27 heavy (non-hydrogen) atoms. The maximum Gasteiger partial charge on any atom is 0.275 e. The molecule has 3 rings (SSSR count). The predicted octanol–water partition coefficient (Wildman–Crippen LogP) is 1.29. The summed E-state index contributed by atoms with van der Waals surface area (Å²) in [4.78, 5) is 25.1. The normalized spacial score (nSPS) is 16.1. The second-order valence-corrected chi connectivity index (χ2v) is 7.11. The van der Waals surface area contributed by atoms with Gasteiger partial charge in [-0.3, -0.25) is 9.59 Å². The number of benzene rings is 1. The number of amides is 1. The minimum Gasteiger partial charge on any atom is -0.384 e. The van der Waals surface area contributed by atoms with Gasteiger partial charge in [0.05, 0.1) is 12.3 Å². The highest BCUT2D eigenvalue weighted by molar-refractivity contribution is 5.92. The molecule has 1 aromatic carbocycles. The van der Waals surface area contributed by atoms with Crippen LogP contribution >= 0.6 is 0 Å². The summed E-state index contributed by atoms with van der Waals surface area (Å²) in [6.45, 7) is 4.61. The molecule has 1 amide bonds. The van der Waals surface area contributed by atoms with E-state index in [4.69, 9.17) is 4.74 Å². The molecule has 1 aromatic heterocycles. The van der Waals surface area contributed by atoms with Crippen molar-refractivity contribution < 1.29 is 9.53 Å². The highest BCUT2D eigenvalue weighted by atomic mass is 16.5. The molecular formula is C20H26N4O3. The highest BCUT2D eigenvalue weighted by Gasteiger charge is 2.33. The first kappa shape index (κ1) is 19.3. The largest absolute Gasteiger partial charge is 0.384 e. The second-order valence-electron chi connectivity index (χ2n) is 7.11. The summed E-state index contributed by atoms with van der Waals surface area (Å²) in [5.41, 5.74) is 0.906. The molecule has 7 heteroatoms. The van der Waals surface area contributed by atoms with Crippen molar-refractivity contribution in [3.8, 4) is 5.69 Å². The fourth-order valence-corrected chi connectivity index (χ4v) is 3.52. The van der Waals surface area contributed by atoms with E-state index in [0.29, 0.717) is 18.8 Å². The van der Waals surface area contributed by atoms with E-state index in [-0.39, 0.29) is 16.5 Å². The summed E-state index contributed by atoms with van der Waals surface area (Å²) < 4.78 is 7.00. The van der Waals surface area contributed by atoms with Gasteiger partial charge in [0.2, 0.25) is 5.43 Å². The number of para-hydroxylation sites is 1. The Balaban J connectivity index is 1.81. The monoisotopic (exact) mass is 370 g/mol. The van der Waals surface area contributed by atoms with Gasteiger partial charge in [0.15, 0.2) is 5.69 Å². The van der Waals surface area contributed by atoms with Crippen LogP contribution in [-0.2, 0) is 4.74 Å². The average Bonchev–Trinajstić information content (AvgIpc) is 2.68. The average molecular weight is 370 g/mol. The molecule has 0 unspecified atom stereocenters. The summed E-state index contributed by atoms with van der Waals surface area (Å²) >= 11 is 0. The smallest absolute Gasteiger partial charge is 0.275 e. The van der Waals surface area contributed by atoms with Crippen LogP contribution in [0.25, 0.3) is 5.69 Å². The van der Waals surface area contributed by atoms with Crippen LogP contribution in [0.3, 0.4) is 0 Å². The Bertz CT molecular complexity index is 837. The van der Waals surface area contributed by atoms with Crippen LogP contribution in [0.5, 0.6) is 0 Å². The van der Waals surface area contributed by atoms with Crippen LogP contribution in [0.4, 0.5) is 0 Å². The topological polar surface area (TPSA) is 85.2 Å². The van der Waals surface area contributed by atoms with Gasteiger partial charge in [-0.15, -0.1) is 0 Å². The third kappa shape index (κ3) is 4.43. The molecule has 7 nitrogen and oxygen atoms in total. The van der Waals surface area contributed by atoms with Crippen LogP contribution in [0.1, 0.15) is 29.0 Å². The first-order chi connectivity index (χ1) is 13.0. The number of piperidine rings is 1. The standard InChI is InChI=1S/C20H26N4O3/c1-15-12-17(25)18(23-24(15)16-6-4-3-5-7-16)19(26)22-13-20(14-27-2)8-10-21-11-9-20/h3-7,12,21H,8-11,13-14H2,1-2H3,(H,22,26). The molecule has 0 radical (unpaired) electrons. The number of aryl methyl sites for hydroxylation is 1. The van der Waals surface area contributed by atoms with Gasteiger partial charge in [-0.1, -0.05) is 18.2 Å². The third-order valence-electron chi connectivity index (χ3n) is 5.06. The molecule has 1 aliphatic heterocycles. The summed E-state index contributed by atoms with van der Waals surface area (Å²) in [7, 11) is 1.67. The second kappa shape index (κ2) is 8.45. The lowest BCUT2D eigenvalue weighted by molar-refractivity contribution is 0.0510. The van der Waals surface area contributed by atoms with Crippen molar-refractivity contribution in [3.05, 3.63) is 58.0 Å². The number of carbonyl (C=O) groups excluding carboxylic acids is 1. The molecule has 2 heterocycles. The molecule has 0 spiro atoms. The van der Waals surface area contributed by atoms with Crippen molar-refractivity contribution in [2.45, 2.75) is 19.8 Å². The van der Waals surface area contributed by atoms with E-state index in [1.54, 1.807) is 18.7 Å². The highest BCUT2D eigenvalue weighted by Crippen LogP contribution is 2.28. The summed E-state index contributed by atoms with van der Waals surface area (Å²) in [5, 5.41) is 10.6. The van der Waals surface area contributed by atoms with Gasteiger partial charge in [-0.05, 0) is 45.0 Å². The first-order valence-electron chi connectivity index (χ1n) is 9.19. The fraction of sp³-hybridized carbons (Fsp3) is 0.450. The van der Waals surface area contributed by atoms with E-state index in [0.717, 1.165) is 31.6 Å².